The molecule has 1 fully saturated rings. The van der Waals surface area contributed by atoms with Crippen molar-refractivity contribution in [3.8, 4) is 5.82 Å². The quantitative estimate of drug-likeness (QED) is 0.174. The monoisotopic (exact) mass is 675 g/mol. The van der Waals surface area contributed by atoms with Crippen LogP contribution in [0, 0.1) is 5.41 Å². The molecule has 240 valence electrons. The first-order valence-electron chi connectivity index (χ1n) is 14.5. The van der Waals surface area contributed by atoms with Gasteiger partial charge in [0.15, 0.2) is 12.1 Å². The van der Waals surface area contributed by atoms with E-state index in [1.807, 2.05) is 4.57 Å². The number of fused-ring (bicyclic) bond motifs is 1. The number of benzene rings is 2. The summed E-state index contributed by atoms with van der Waals surface area (Å²) in [6, 6.07) is 9.19. The number of rotatable bonds is 11. The topological polar surface area (TPSA) is 136 Å². The van der Waals surface area contributed by atoms with Gasteiger partial charge in [-0.15, -0.1) is 0 Å². The number of carboxylic acids is 1. The van der Waals surface area contributed by atoms with Gasteiger partial charge in [-0.1, -0.05) is 44.0 Å². The molecule has 0 amide bonds. The Labute approximate surface area is 272 Å². The summed E-state index contributed by atoms with van der Waals surface area (Å²) in [5.74, 6) is -0.157. The van der Waals surface area contributed by atoms with Gasteiger partial charge in [-0.2, -0.15) is 0 Å². The van der Waals surface area contributed by atoms with Gasteiger partial charge in [0.05, 0.1) is 35.1 Å². The van der Waals surface area contributed by atoms with Gasteiger partial charge in [0, 0.05) is 34.8 Å². The summed E-state index contributed by atoms with van der Waals surface area (Å²) in [5.41, 5.74) is -0.0888. The zero-order chi connectivity index (χ0) is 32.4. The first-order chi connectivity index (χ1) is 21.3. The normalized spacial score (nSPS) is 16.4. The predicted octanol–water partition coefficient (Wildman–Crippen LogP) is 6.38. The van der Waals surface area contributed by atoms with Crippen molar-refractivity contribution >= 4 is 61.6 Å². The molecule has 0 saturated carbocycles. The largest absolute Gasteiger partial charge is 0.480 e. The Hall–Kier alpha value is -3.42. The summed E-state index contributed by atoms with van der Waals surface area (Å²) in [4.78, 5) is 21.4. The van der Waals surface area contributed by atoms with Crippen LogP contribution < -0.4 is 9.62 Å². The average molecular weight is 677 g/mol. The molecular weight excluding hydrogens is 641 g/mol. The third-order valence-corrected chi connectivity index (χ3v) is 9.55. The maximum absolute atomic E-state index is 14.1. The van der Waals surface area contributed by atoms with Crippen LogP contribution in [0.25, 0.3) is 16.7 Å². The molecule has 3 heterocycles. The molecule has 2 unspecified atom stereocenters. The fourth-order valence-corrected chi connectivity index (χ4v) is 7.77. The van der Waals surface area contributed by atoms with Crippen LogP contribution in [0.5, 0.6) is 0 Å². The second kappa shape index (κ2) is 13.5. The van der Waals surface area contributed by atoms with Crippen LogP contribution in [-0.2, 0) is 24.3 Å². The summed E-state index contributed by atoms with van der Waals surface area (Å²) in [6.07, 6.45) is 7.97. The van der Waals surface area contributed by atoms with E-state index in [4.69, 9.17) is 32.7 Å². The number of sulfonamides is 1. The number of halogens is 2. The highest BCUT2D eigenvalue weighted by molar-refractivity contribution is 7.93. The Kier molecular flexibility index (Phi) is 9.90. The van der Waals surface area contributed by atoms with Crippen LogP contribution in [0.15, 0.2) is 66.0 Å². The van der Waals surface area contributed by atoms with Crippen LogP contribution in [0.1, 0.15) is 40.0 Å². The lowest BCUT2D eigenvalue weighted by Gasteiger charge is -2.37. The minimum absolute atomic E-state index is 0.112. The van der Waals surface area contributed by atoms with Gasteiger partial charge >= 0.3 is 5.97 Å². The van der Waals surface area contributed by atoms with Crippen LogP contribution in [-0.4, -0.2) is 66.1 Å². The van der Waals surface area contributed by atoms with E-state index in [9.17, 15) is 18.3 Å². The Bertz CT molecular complexity index is 1750. The smallest absolute Gasteiger partial charge is 0.328 e. The van der Waals surface area contributed by atoms with E-state index in [0.717, 1.165) is 35.7 Å². The highest BCUT2D eigenvalue weighted by atomic mass is 35.5. The molecule has 5 rings (SSSR count). The van der Waals surface area contributed by atoms with Crippen LogP contribution >= 0.6 is 23.2 Å². The zero-order valence-corrected chi connectivity index (χ0v) is 27.4. The zero-order valence-electron chi connectivity index (χ0n) is 25.1. The van der Waals surface area contributed by atoms with E-state index in [1.54, 1.807) is 63.6 Å². The lowest BCUT2D eigenvalue weighted by molar-refractivity contribution is -0.159. The molecule has 0 radical (unpaired) electrons. The predicted molar refractivity (Wildman–Crippen MR) is 174 cm³/mol. The van der Waals surface area contributed by atoms with Crippen molar-refractivity contribution in [2.75, 3.05) is 29.4 Å². The number of nitrogens with zero attached hydrogens (tertiary/aromatic N) is 4. The number of nitrogens with one attached hydrogen (secondary N) is 1. The molecule has 11 nitrogen and oxygen atoms in total. The second-order valence-electron chi connectivity index (χ2n) is 11.8. The molecule has 2 aromatic heterocycles. The van der Waals surface area contributed by atoms with Gasteiger partial charge in [0.2, 0.25) is 0 Å². The standard InChI is InChI=1S/C31H35Cl2N5O6S/c1-31(2,3)29(30(39)40)38(45(41,42)24-16-21(32)15-22(33)17-24)23-7-8-25-20(14-23)9-11-37(25)27-19-35-26(18-36-27)34-10-13-44-28-6-4-5-12-43-28/h7-9,11,14-19,28-29H,4-6,10,12-13H2,1-3H3,(H,34,35)(H,39,40). The molecule has 2 aromatic carbocycles. The maximum Gasteiger partial charge on any atom is 0.328 e. The highest BCUT2D eigenvalue weighted by Gasteiger charge is 2.43. The summed E-state index contributed by atoms with van der Waals surface area (Å²) in [5, 5.41) is 14.4. The Morgan fingerprint density at radius 1 is 1.13 bits per heavy atom. The number of carboxylic acid groups (broad SMARTS) is 1. The number of ether oxygens (including phenoxy) is 2. The molecule has 2 N–H and O–H groups in total. The van der Waals surface area contributed by atoms with Gasteiger partial charge in [-0.3, -0.25) is 8.87 Å². The molecule has 0 spiro atoms. The molecule has 14 heteroatoms. The summed E-state index contributed by atoms with van der Waals surface area (Å²) in [7, 11) is -4.43. The highest BCUT2D eigenvalue weighted by Crippen LogP contribution is 2.37. The first kappa shape index (κ1) is 33.0. The van der Waals surface area contributed by atoms with Gasteiger partial charge in [0.25, 0.3) is 10.0 Å². The van der Waals surface area contributed by atoms with E-state index in [2.05, 4.69) is 15.3 Å². The second-order valence-corrected chi connectivity index (χ2v) is 14.5. The molecule has 45 heavy (non-hydrogen) atoms. The minimum Gasteiger partial charge on any atom is -0.480 e. The number of anilines is 2. The summed E-state index contributed by atoms with van der Waals surface area (Å²) >= 11 is 12.3. The lowest BCUT2D eigenvalue weighted by atomic mass is 9.86. The molecular formula is C31H35Cl2N5O6S. The van der Waals surface area contributed by atoms with Crippen molar-refractivity contribution < 1.29 is 27.8 Å². The number of hydrogen-bond acceptors (Lipinski definition) is 8. The molecule has 1 aliphatic heterocycles. The Morgan fingerprint density at radius 2 is 1.89 bits per heavy atom. The molecule has 2 atom stereocenters. The molecule has 0 aliphatic carbocycles. The van der Waals surface area contributed by atoms with Crippen molar-refractivity contribution in [2.24, 2.45) is 5.41 Å². The molecule has 1 saturated heterocycles. The van der Waals surface area contributed by atoms with Crippen LogP contribution in [0.3, 0.4) is 0 Å². The fraction of sp³-hybridized carbons (Fsp3) is 0.387. The first-order valence-corrected chi connectivity index (χ1v) is 16.7. The number of aliphatic carboxylic acids is 1. The summed E-state index contributed by atoms with van der Waals surface area (Å²) < 4.78 is 42.3. The third-order valence-electron chi connectivity index (χ3n) is 7.34. The van der Waals surface area contributed by atoms with Crippen molar-refractivity contribution in [3.63, 3.8) is 0 Å². The number of hydrogen-bond donors (Lipinski definition) is 2. The van der Waals surface area contributed by atoms with Crippen molar-refractivity contribution in [1.82, 2.24) is 14.5 Å². The van der Waals surface area contributed by atoms with Crippen molar-refractivity contribution in [1.29, 1.82) is 0 Å². The van der Waals surface area contributed by atoms with Gasteiger partial charge in [0.1, 0.15) is 11.9 Å². The minimum atomic E-state index is -4.43. The average Bonchev–Trinajstić information content (AvgIpc) is 3.41. The Morgan fingerprint density at radius 3 is 2.51 bits per heavy atom. The maximum atomic E-state index is 14.1. The number of aromatic nitrogens is 3. The fourth-order valence-electron chi connectivity index (χ4n) is 5.26. The van der Waals surface area contributed by atoms with Gasteiger partial charge in [-0.05, 0) is 67.1 Å². The van der Waals surface area contributed by atoms with Gasteiger partial charge < -0.3 is 19.9 Å². The van der Waals surface area contributed by atoms with Crippen LogP contribution in [0.2, 0.25) is 10.0 Å². The molecule has 4 aromatic rings. The van der Waals surface area contributed by atoms with E-state index in [-0.39, 0.29) is 26.9 Å². The molecule has 1 aliphatic rings. The van der Waals surface area contributed by atoms with Crippen LogP contribution in [0.4, 0.5) is 11.5 Å². The summed E-state index contributed by atoms with van der Waals surface area (Å²) in [6.45, 7) is 6.77. The Balaban J connectivity index is 1.41. The van der Waals surface area contributed by atoms with E-state index in [1.165, 1.54) is 18.2 Å². The van der Waals surface area contributed by atoms with E-state index < -0.39 is 27.4 Å². The molecule has 0 bridgehead atoms. The van der Waals surface area contributed by atoms with E-state index in [0.29, 0.717) is 30.2 Å². The third kappa shape index (κ3) is 7.53. The van der Waals surface area contributed by atoms with Gasteiger partial charge in [-0.25, -0.2) is 23.2 Å². The SMILES string of the molecule is CC(C)(C)C(C(=O)O)N(c1ccc2c(ccn2-c2cnc(NCCOC3CCCCO3)cn2)c1)S(=O)(=O)c1cc(Cl)cc(Cl)c1. The van der Waals surface area contributed by atoms with E-state index >= 15 is 0 Å². The number of carbonyl (C=O) groups is 1. The van der Waals surface area contributed by atoms with Crippen molar-refractivity contribution in [3.05, 3.63) is 71.1 Å². The lowest BCUT2D eigenvalue weighted by Crippen LogP contribution is -2.52. The van der Waals surface area contributed by atoms with Crippen molar-refractivity contribution in [2.45, 2.75) is 57.3 Å².